The minimum Gasteiger partial charge on any atom is -0.457 e. The maximum Gasteiger partial charge on any atom is 0.319 e. The Morgan fingerprint density at radius 3 is 2.11 bits per heavy atom. The van der Waals surface area contributed by atoms with Gasteiger partial charge < -0.3 is 35.1 Å². The number of benzene rings is 6. The second-order valence-electron chi connectivity index (χ2n) is 14.4. The minimum absolute atomic E-state index is 0.0220. The summed E-state index contributed by atoms with van der Waals surface area (Å²) in [6, 6.07) is 50.1. The standard InChI is InChI=1S/C48H49N3O6/c1-33(46(53)37-11-5-3-6-12-37)51(2)31-43-29-45(36-19-17-34(32-52)18-20-36)57-47(56-43)38-23-21-35(22-24-38)44-16-10-9-13-39(44)30-49-48(54)50-40-25-27-42(28-26-40)55-41-14-7-4-8-15-41/h3-28,33,43,45-47,52-53H,29-32H2,1-2H3,(H2,49,50,54)/t33-,43+,45-,46-,47-/m1/s1. The Bertz CT molecular complexity index is 2170. The van der Waals surface area contributed by atoms with Crippen molar-refractivity contribution in [3.05, 3.63) is 186 Å². The van der Waals surface area contributed by atoms with E-state index in [-0.39, 0.29) is 30.9 Å². The van der Waals surface area contributed by atoms with Crippen LogP contribution >= 0.6 is 0 Å². The molecule has 0 bridgehead atoms. The molecule has 1 aliphatic heterocycles. The molecular weight excluding hydrogens is 715 g/mol. The van der Waals surface area contributed by atoms with Crippen molar-refractivity contribution in [1.82, 2.24) is 10.2 Å². The highest BCUT2D eigenvalue weighted by Gasteiger charge is 2.34. The number of carbonyl (C=O) groups is 1. The number of carbonyl (C=O) groups excluding carboxylic acids is 1. The third-order valence-electron chi connectivity index (χ3n) is 10.4. The molecule has 0 spiro atoms. The van der Waals surface area contributed by atoms with Crippen molar-refractivity contribution in [1.29, 1.82) is 0 Å². The van der Waals surface area contributed by atoms with Crippen LogP contribution in [0.2, 0.25) is 0 Å². The smallest absolute Gasteiger partial charge is 0.319 e. The maximum atomic E-state index is 12.9. The van der Waals surface area contributed by atoms with Crippen LogP contribution in [-0.4, -0.2) is 46.9 Å². The average molecular weight is 764 g/mol. The number of anilines is 1. The molecule has 57 heavy (non-hydrogen) atoms. The lowest BCUT2D eigenvalue weighted by atomic mass is 9.97. The van der Waals surface area contributed by atoms with Crippen molar-refractivity contribution in [2.24, 2.45) is 0 Å². The largest absolute Gasteiger partial charge is 0.457 e. The zero-order chi connectivity index (χ0) is 39.6. The minimum atomic E-state index is -0.646. The summed E-state index contributed by atoms with van der Waals surface area (Å²) in [5.41, 5.74) is 7.25. The number of para-hydroxylation sites is 1. The van der Waals surface area contributed by atoms with Gasteiger partial charge in [0.2, 0.25) is 0 Å². The van der Waals surface area contributed by atoms with Crippen molar-refractivity contribution >= 4 is 11.7 Å². The van der Waals surface area contributed by atoms with Gasteiger partial charge in [0.25, 0.3) is 0 Å². The number of rotatable bonds is 14. The van der Waals surface area contributed by atoms with Gasteiger partial charge in [0, 0.05) is 36.8 Å². The summed E-state index contributed by atoms with van der Waals surface area (Å²) in [5.74, 6) is 1.42. The number of hydrogen-bond acceptors (Lipinski definition) is 7. The summed E-state index contributed by atoms with van der Waals surface area (Å²) >= 11 is 0. The molecule has 6 aromatic rings. The lowest BCUT2D eigenvalue weighted by molar-refractivity contribution is -0.253. The first kappa shape index (κ1) is 39.4. The van der Waals surface area contributed by atoms with Crippen molar-refractivity contribution in [3.8, 4) is 22.6 Å². The zero-order valence-electron chi connectivity index (χ0n) is 32.2. The second-order valence-corrected chi connectivity index (χ2v) is 14.4. The number of urea groups is 1. The van der Waals surface area contributed by atoms with Gasteiger partial charge in [0.05, 0.1) is 24.9 Å². The molecule has 1 aliphatic rings. The first-order chi connectivity index (χ1) is 27.8. The molecule has 1 saturated heterocycles. The van der Waals surface area contributed by atoms with Gasteiger partial charge in [0.15, 0.2) is 6.29 Å². The van der Waals surface area contributed by atoms with Gasteiger partial charge in [0.1, 0.15) is 11.5 Å². The predicted molar refractivity (Wildman–Crippen MR) is 223 cm³/mol. The van der Waals surface area contributed by atoms with E-state index in [9.17, 15) is 15.0 Å². The van der Waals surface area contributed by atoms with Crippen molar-refractivity contribution in [2.75, 3.05) is 18.9 Å². The van der Waals surface area contributed by atoms with Crippen molar-refractivity contribution < 1.29 is 29.2 Å². The quantitative estimate of drug-likeness (QED) is 0.0875. The van der Waals surface area contributed by atoms with Crippen LogP contribution in [0, 0.1) is 0 Å². The molecule has 9 heteroatoms. The lowest BCUT2D eigenvalue weighted by Gasteiger charge is -2.39. The van der Waals surface area contributed by atoms with E-state index in [0.717, 1.165) is 44.7 Å². The highest BCUT2D eigenvalue weighted by molar-refractivity contribution is 5.89. The highest BCUT2D eigenvalue weighted by atomic mass is 16.7. The fraction of sp³-hybridized carbons (Fsp3) is 0.229. The molecule has 7 rings (SSSR count). The fourth-order valence-corrected chi connectivity index (χ4v) is 7.05. The van der Waals surface area contributed by atoms with Crippen LogP contribution in [0.1, 0.15) is 59.7 Å². The molecule has 1 fully saturated rings. The molecule has 4 N–H and O–H groups in total. The van der Waals surface area contributed by atoms with Crippen LogP contribution in [0.15, 0.2) is 158 Å². The predicted octanol–water partition coefficient (Wildman–Crippen LogP) is 9.56. The molecule has 0 unspecified atom stereocenters. The summed E-state index contributed by atoms with van der Waals surface area (Å²) in [7, 11) is 2.01. The van der Waals surface area contributed by atoms with Crippen molar-refractivity contribution in [2.45, 2.75) is 57.1 Å². The number of hydrogen-bond donors (Lipinski definition) is 4. The average Bonchev–Trinajstić information content (AvgIpc) is 3.26. The third kappa shape index (κ3) is 10.3. The number of nitrogens with one attached hydrogen (secondary N) is 2. The number of aliphatic hydroxyl groups is 2. The third-order valence-corrected chi connectivity index (χ3v) is 10.4. The monoisotopic (exact) mass is 763 g/mol. The Morgan fingerprint density at radius 2 is 1.40 bits per heavy atom. The van der Waals surface area contributed by atoms with Crippen LogP contribution in [-0.2, 0) is 22.6 Å². The number of amides is 2. The van der Waals surface area contributed by atoms with E-state index >= 15 is 0 Å². The molecule has 0 saturated carbocycles. The van der Waals surface area contributed by atoms with E-state index in [1.807, 2.05) is 147 Å². The van der Waals surface area contributed by atoms with E-state index in [1.54, 1.807) is 12.1 Å². The summed E-state index contributed by atoms with van der Waals surface area (Å²) < 4.78 is 19.1. The van der Waals surface area contributed by atoms with Crippen LogP contribution in [0.25, 0.3) is 11.1 Å². The van der Waals surface area contributed by atoms with Gasteiger partial charge in [-0.1, -0.05) is 121 Å². The lowest BCUT2D eigenvalue weighted by Crippen LogP contribution is -2.43. The van der Waals surface area contributed by atoms with E-state index < -0.39 is 12.4 Å². The summed E-state index contributed by atoms with van der Waals surface area (Å²) in [4.78, 5) is 15.1. The fourth-order valence-electron chi connectivity index (χ4n) is 7.05. The number of ether oxygens (including phenoxy) is 3. The Morgan fingerprint density at radius 1 is 0.772 bits per heavy atom. The molecule has 0 aliphatic carbocycles. The van der Waals surface area contributed by atoms with E-state index in [0.29, 0.717) is 30.9 Å². The Balaban J connectivity index is 1.01. The molecule has 5 atom stereocenters. The van der Waals surface area contributed by atoms with Gasteiger partial charge in [-0.2, -0.15) is 0 Å². The van der Waals surface area contributed by atoms with E-state index in [1.165, 1.54) is 0 Å². The number of nitrogens with zero attached hydrogens (tertiary/aromatic N) is 1. The molecule has 9 nitrogen and oxygen atoms in total. The Kier molecular flexibility index (Phi) is 13.1. The number of aliphatic hydroxyl groups excluding tert-OH is 2. The molecule has 292 valence electrons. The van der Waals surface area contributed by atoms with Crippen LogP contribution in [0.5, 0.6) is 11.5 Å². The van der Waals surface area contributed by atoms with Crippen LogP contribution in [0.3, 0.4) is 0 Å². The number of likely N-dealkylation sites (N-methyl/N-ethyl adjacent to an activating group) is 1. The maximum absolute atomic E-state index is 12.9. The van der Waals surface area contributed by atoms with E-state index in [2.05, 4.69) is 27.7 Å². The van der Waals surface area contributed by atoms with Crippen molar-refractivity contribution in [3.63, 3.8) is 0 Å². The van der Waals surface area contributed by atoms with Gasteiger partial charge in [-0.25, -0.2) is 4.79 Å². The summed E-state index contributed by atoms with van der Waals surface area (Å²) in [6.45, 7) is 2.93. The normalized spacial score (nSPS) is 17.7. The molecule has 0 radical (unpaired) electrons. The summed E-state index contributed by atoms with van der Waals surface area (Å²) in [5, 5.41) is 26.7. The van der Waals surface area contributed by atoms with Gasteiger partial charge in [-0.05, 0) is 83.8 Å². The summed E-state index contributed by atoms with van der Waals surface area (Å²) in [6.07, 6.45) is -1.05. The highest BCUT2D eigenvalue weighted by Crippen LogP contribution is 2.39. The Hall–Kier alpha value is -5.81. The SMILES string of the molecule is C[C@H]([C@@H](O)c1ccccc1)N(C)C[C@@H]1C[C@H](c2ccc(CO)cc2)O[C@H](c2ccc(-c3ccccc3CNC(=O)Nc3ccc(Oc4ccccc4)cc3)cc2)O1. The van der Waals surface area contributed by atoms with Gasteiger partial charge in [-0.15, -0.1) is 0 Å². The first-order valence-electron chi connectivity index (χ1n) is 19.3. The van der Waals surface area contributed by atoms with Crippen LogP contribution in [0.4, 0.5) is 10.5 Å². The molecule has 6 aromatic carbocycles. The zero-order valence-corrected chi connectivity index (χ0v) is 32.2. The molecule has 2 amide bonds. The van der Waals surface area contributed by atoms with E-state index in [4.69, 9.17) is 14.2 Å². The molecule has 1 heterocycles. The van der Waals surface area contributed by atoms with Gasteiger partial charge in [-0.3, -0.25) is 4.90 Å². The van der Waals surface area contributed by atoms with Gasteiger partial charge >= 0.3 is 6.03 Å². The topological polar surface area (TPSA) is 113 Å². The second kappa shape index (κ2) is 18.9. The Labute approximate surface area is 334 Å². The molecule has 0 aromatic heterocycles. The van der Waals surface area contributed by atoms with Crippen LogP contribution < -0.4 is 15.4 Å². The first-order valence-corrected chi connectivity index (χ1v) is 19.3. The molecular formula is C48H49N3O6.